The van der Waals surface area contributed by atoms with Gasteiger partial charge in [0, 0.05) is 0 Å². The van der Waals surface area contributed by atoms with Gasteiger partial charge in [0.25, 0.3) is 0 Å². The number of benzene rings is 1. The van der Waals surface area contributed by atoms with Crippen molar-refractivity contribution >= 4 is 16.5 Å². The summed E-state index contributed by atoms with van der Waals surface area (Å²) in [6, 6.07) is 8.39. The fraction of sp³-hybridized carbons (Fsp3) is 0.182. The lowest BCUT2D eigenvalue weighted by Crippen LogP contribution is -1.81. The van der Waals surface area contributed by atoms with E-state index in [9.17, 15) is 0 Å². The topological polar surface area (TPSA) is 38.9 Å². The van der Waals surface area contributed by atoms with Gasteiger partial charge in [-0.3, -0.25) is 0 Å². The lowest BCUT2D eigenvalue weighted by molar-refractivity contribution is 1.27. The molecule has 0 aliphatic carbocycles. The Bertz CT molecular complexity index is 460. The number of hydrogen-bond donors (Lipinski definition) is 1. The Morgan fingerprint density at radius 2 is 2.07 bits per heavy atom. The van der Waals surface area contributed by atoms with Gasteiger partial charge in [0.15, 0.2) is 5.13 Å². The molecule has 2 nitrogen and oxygen atoms in total. The number of aromatic nitrogens is 1. The van der Waals surface area contributed by atoms with Gasteiger partial charge in [0.2, 0.25) is 0 Å². The zero-order valence-corrected chi connectivity index (χ0v) is 9.06. The number of anilines is 1. The largest absolute Gasteiger partial charge is 0.375 e. The van der Waals surface area contributed by atoms with Crippen molar-refractivity contribution in [3.63, 3.8) is 0 Å². The van der Waals surface area contributed by atoms with Crippen LogP contribution in [0.4, 0.5) is 5.13 Å². The fourth-order valence-electron chi connectivity index (χ4n) is 1.47. The average molecular weight is 204 g/mol. The lowest BCUT2D eigenvalue weighted by atomic mass is 10.1. The summed E-state index contributed by atoms with van der Waals surface area (Å²) in [6.07, 6.45) is 0. The van der Waals surface area contributed by atoms with Crippen LogP contribution in [0.15, 0.2) is 24.3 Å². The molecule has 3 heteroatoms. The number of nitrogens with zero attached hydrogens (tertiary/aromatic N) is 1. The maximum atomic E-state index is 5.66. The molecule has 2 rings (SSSR count). The highest BCUT2D eigenvalue weighted by Gasteiger charge is 2.07. The predicted octanol–water partition coefficient (Wildman–Crippen LogP) is 3.01. The van der Waals surface area contributed by atoms with Crippen LogP contribution >= 0.6 is 11.3 Å². The highest BCUT2D eigenvalue weighted by molar-refractivity contribution is 7.18. The maximum Gasteiger partial charge on any atom is 0.180 e. The van der Waals surface area contributed by atoms with Gasteiger partial charge in [0.1, 0.15) is 0 Å². The maximum absolute atomic E-state index is 5.66. The van der Waals surface area contributed by atoms with Crippen LogP contribution in [0.2, 0.25) is 0 Å². The summed E-state index contributed by atoms with van der Waals surface area (Å²) in [5, 5.41) is 0.638. The van der Waals surface area contributed by atoms with Gasteiger partial charge >= 0.3 is 0 Å². The number of nitrogens with two attached hydrogens (primary N) is 1. The van der Waals surface area contributed by atoms with E-state index >= 15 is 0 Å². The molecule has 0 fully saturated rings. The van der Waals surface area contributed by atoms with E-state index in [1.54, 1.807) is 11.3 Å². The summed E-state index contributed by atoms with van der Waals surface area (Å²) < 4.78 is 0. The van der Waals surface area contributed by atoms with Crippen molar-refractivity contribution in [3.05, 3.63) is 35.5 Å². The Hall–Kier alpha value is -1.35. The van der Waals surface area contributed by atoms with Crippen molar-refractivity contribution in [2.75, 3.05) is 5.73 Å². The number of rotatable bonds is 1. The molecule has 0 amide bonds. The molecule has 0 atom stereocenters. The van der Waals surface area contributed by atoms with E-state index in [1.165, 1.54) is 16.0 Å². The first-order chi connectivity index (χ1) is 6.66. The third kappa shape index (κ3) is 1.63. The van der Waals surface area contributed by atoms with Crippen molar-refractivity contribution in [2.24, 2.45) is 0 Å². The molecule has 1 aromatic carbocycles. The van der Waals surface area contributed by atoms with Gasteiger partial charge in [-0.15, -0.1) is 0 Å². The smallest absolute Gasteiger partial charge is 0.180 e. The minimum Gasteiger partial charge on any atom is -0.375 e. The normalized spacial score (nSPS) is 10.4. The van der Waals surface area contributed by atoms with E-state index < -0.39 is 0 Å². The van der Waals surface area contributed by atoms with Gasteiger partial charge in [-0.05, 0) is 19.4 Å². The summed E-state index contributed by atoms with van der Waals surface area (Å²) in [7, 11) is 0. The molecule has 14 heavy (non-hydrogen) atoms. The first-order valence-corrected chi connectivity index (χ1v) is 5.28. The van der Waals surface area contributed by atoms with Gasteiger partial charge in [-0.1, -0.05) is 41.2 Å². The molecule has 0 aliphatic heterocycles. The molecule has 0 unspecified atom stereocenters. The number of aryl methyl sites for hydroxylation is 2. The standard InChI is InChI=1S/C11H12N2S/c1-7-4-3-5-9(6-7)10-8(2)13-11(12)14-10/h3-6H,1-2H3,(H2,12,13). The van der Waals surface area contributed by atoms with E-state index in [1.807, 2.05) is 6.92 Å². The first-order valence-electron chi connectivity index (χ1n) is 4.47. The van der Waals surface area contributed by atoms with Crippen LogP contribution in [0.3, 0.4) is 0 Å². The molecule has 0 spiro atoms. The summed E-state index contributed by atoms with van der Waals surface area (Å²) in [5.41, 5.74) is 9.14. The molecule has 0 saturated heterocycles. The molecule has 1 aromatic heterocycles. The van der Waals surface area contributed by atoms with E-state index in [4.69, 9.17) is 5.73 Å². The van der Waals surface area contributed by atoms with Gasteiger partial charge in [-0.2, -0.15) is 0 Å². The highest BCUT2D eigenvalue weighted by Crippen LogP contribution is 2.31. The Morgan fingerprint density at radius 1 is 1.29 bits per heavy atom. The Labute approximate surface area is 87.4 Å². The van der Waals surface area contributed by atoms with Crippen molar-refractivity contribution in [1.82, 2.24) is 4.98 Å². The molecule has 2 aromatic rings. The van der Waals surface area contributed by atoms with Crippen LogP contribution in [0.1, 0.15) is 11.3 Å². The van der Waals surface area contributed by atoms with Crippen molar-refractivity contribution in [1.29, 1.82) is 0 Å². The molecular formula is C11H12N2S. The van der Waals surface area contributed by atoms with E-state index in [0.29, 0.717) is 5.13 Å². The van der Waals surface area contributed by atoms with E-state index in [-0.39, 0.29) is 0 Å². The second-order valence-corrected chi connectivity index (χ2v) is 4.37. The van der Waals surface area contributed by atoms with Crippen LogP contribution in [0.25, 0.3) is 10.4 Å². The molecular weight excluding hydrogens is 192 g/mol. The van der Waals surface area contributed by atoms with Crippen molar-refractivity contribution < 1.29 is 0 Å². The van der Waals surface area contributed by atoms with Crippen LogP contribution in [0, 0.1) is 13.8 Å². The van der Waals surface area contributed by atoms with Crippen LogP contribution in [0.5, 0.6) is 0 Å². The zero-order valence-electron chi connectivity index (χ0n) is 8.24. The third-order valence-electron chi connectivity index (χ3n) is 2.09. The Balaban J connectivity index is 2.54. The molecule has 0 saturated carbocycles. The predicted molar refractivity (Wildman–Crippen MR) is 61.4 cm³/mol. The number of thiazole rings is 1. The average Bonchev–Trinajstić information content (AvgIpc) is 2.45. The Kier molecular flexibility index (Phi) is 2.25. The zero-order chi connectivity index (χ0) is 10.1. The first kappa shape index (κ1) is 9.21. The molecule has 1 heterocycles. The lowest BCUT2D eigenvalue weighted by Gasteiger charge is -1.99. The summed E-state index contributed by atoms with van der Waals surface area (Å²) >= 11 is 1.54. The second-order valence-electron chi connectivity index (χ2n) is 3.34. The summed E-state index contributed by atoms with van der Waals surface area (Å²) in [5.74, 6) is 0. The van der Waals surface area contributed by atoms with Crippen LogP contribution in [-0.2, 0) is 0 Å². The van der Waals surface area contributed by atoms with E-state index in [2.05, 4.69) is 36.2 Å². The third-order valence-corrected chi connectivity index (χ3v) is 3.13. The van der Waals surface area contributed by atoms with Crippen molar-refractivity contribution in [2.45, 2.75) is 13.8 Å². The summed E-state index contributed by atoms with van der Waals surface area (Å²) in [6.45, 7) is 4.08. The van der Waals surface area contributed by atoms with Gasteiger partial charge < -0.3 is 5.73 Å². The molecule has 72 valence electrons. The van der Waals surface area contributed by atoms with Crippen LogP contribution < -0.4 is 5.73 Å². The molecule has 2 N–H and O–H groups in total. The molecule has 0 aliphatic rings. The minimum absolute atomic E-state index is 0.638. The minimum atomic E-state index is 0.638. The SMILES string of the molecule is Cc1cccc(-c2sc(N)nc2C)c1. The second kappa shape index (κ2) is 3.42. The van der Waals surface area contributed by atoms with Crippen LogP contribution in [-0.4, -0.2) is 4.98 Å². The molecule has 0 bridgehead atoms. The highest BCUT2D eigenvalue weighted by atomic mass is 32.1. The van der Waals surface area contributed by atoms with E-state index in [0.717, 1.165) is 5.69 Å². The summed E-state index contributed by atoms with van der Waals surface area (Å²) in [4.78, 5) is 5.39. The van der Waals surface area contributed by atoms with Crippen molar-refractivity contribution in [3.8, 4) is 10.4 Å². The fourth-order valence-corrected chi connectivity index (χ4v) is 2.30. The molecule has 0 radical (unpaired) electrons. The van der Waals surface area contributed by atoms with Gasteiger partial charge in [-0.25, -0.2) is 4.98 Å². The van der Waals surface area contributed by atoms with Gasteiger partial charge in [0.05, 0.1) is 10.6 Å². The number of hydrogen-bond acceptors (Lipinski definition) is 3. The monoisotopic (exact) mass is 204 g/mol. The quantitative estimate of drug-likeness (QED) is 0.775. The Morgan fingerprint density at radius 3 is 2.64 bits per heavy atom. The number of nitrogen functional groups attached to an aromatic ring is 1.